The number of hydrogen-bond donors (Lipinski definition) is 0. The van der Waals surface area contributed by atoms with Crippen molar-refractivity contribution in [1.82, 2.24) is 14.5 Å². The van der Waals surface area contributed by atoms with Crippen molar-refractivity contribution in [2.75, 3.05) is 13.2 Å². The average Bonchev–Trinajstić information content (AvgIpc) is 3.07. The molecule has 1 spiro atoms. The van der Waals surface area contributed by atoms with Gasteiger partial charge in [-0.1, -0.05) is 0 Å². The predicted molar refractivity (Wildman–Crippen MR) is 74.7 cm³/mol. The van der Waals surface area contributed by atoms with Crippen LogP contribution in [0.2, 0.25) is 5.28 Å². The van der Waals surface area contributed by atoms with Crippen LogP contribution < -0.4 is 0 Å². The van der Waals surface area contributed by atoms with Gasteiger partial charge in [-0.05, 0) is 30.5 Å². The molecule has 0 radical (unpaired) electrons. The molecule has 20 heavy (non-hydrogen) atoms. The molecule has 5 nitrogen and oxygen atoms in total. The van der Waals surface area contributed by atoms with E-state index < -0.39 is 0 Å². The highest BCUT2D eigenvalue weighted by Crippen LogP contribution is 2.41. The lowest BCUT2D eigenvalue weighted by atomic mass is 9.90. The molecule has 106 valence electrons. The highest BCUT2D eigenvalue weighted by atomic mass is 35.5. The molecule has 4 rings (SSSR count). The molecule has 0 amide bonds. The van der Waals surface area contributed by atoms with Gasteiger partial charge in [-0.2, -0.15) is 4.98 Å². The van der Waals surface area contributed by atoms with Crippen LogP contribution in [0.15, 0.2) is 18.5 Å². The summed E-state index contributed by atoms with van der Waals surface area (Å²) in [5, 5.41) is 1.33. The summed E-state index contributed by atoms with van der Waals surface area (Å²) in [7, 11) is 0. The molecule has 1 saturated carbocycles. The Bertz CT molecular complexity index is 626. The number of halogens is 1. The average molecular weight is 294 g/mol. The van der Waals surface area contributed by atoms with Crippen LogP contribution in [0.5, 0.6) is 0 Å². The normalized spacial score (nSPS) is 22.9. The van der Waals surface area contributed by atoms with E-state index in [4.69, 9.17) is 21.1 Å². The van der Waals surface area contributed by atoms with Gasteiger partial charge in [0.1, 0.15) is 5.65 Å². The molecule has 1 aliphatic carbocycles. The van der Waals surface area contributed by atoms with Gasteiger partial charge < -0.3 is 14.0 Å². The van der Waals surface area contributed by atoms with E-state index in [2.05, 4.69) is 20.7 Å². The maximum atomic E-state index is 5.91. The number of fused-ring (bicyclic) bond motifs is 1. The molecule has 1 saturated heterocycles. The molecule has 1 aliphatic heterocycles. The van der Waals surface area contributed by atoms with Crippen LogP contribution in [0.4, 0.5) is 0 Å². The molecular weight excluding hydrogens is 278 g/mol. The third-order valence-electron chi connectivity index (χ3n) is 4.35. The summed E-state index contributed by atoms with van der Waals surface area (Å²) >= 11 is 5.91. The minimum Gasteiger partial charge on any atom is -0.348 e. The lowest BCUT2D eigenvalue weighted by Gasteiger charge is -2.36. The third-order valence-corrected chi connectivity index (χ3v) is 4.53. The SMILES string of the molecule is Clc1ncc2ccn(C3CCC4(CC3)OCCO4)c2n1. The van der Waals surface area contributed by atoms with E-state index >= 15 is 0 Å². The van der Waals surface area contributed by atoms with E-state index in [1.54, 1.807) is 6.20 Å². The van der Waals surface area contributed by atoms with E-state index in [0.717, 1.165) is 49.9 Å². The summed E-state index contributed by atoms with van der Waals surface area (Å²) in [6.45, 7) is 1.44. The first-order chi connectivity index (χ1) is 9.76. The highest BCUT2D eigenvalue weighted by molar-refractivity contribution is 6.28. The van der Waals surface area contributed by atoms with Crippen LogP contribution in [0.1, 0.15) is 31.7 Å². The van der Waals surface area contributed by atoms with Crippen LogP contribution in [-0.4, -0.2) is 33.5 Å². The van der Waals surface area contributed by atoms with Crippen LogP contribution in [0, 0.1) is 0 Å². The summed E-state index contributed by atoms with van der Waals surface area (Å²) in [6.07, 6.45) is 7.80. The first kappa shape index (κ1) is 12.6. The third kappa shape index (κ3) is 2.01. The van der Waals surface area contributed by atoms with Gasteiger partial charge in [0, 0.05) is 36.7 Å². The molecule has 2 fully saturated rings. The molecule has 3 heterocycles. The second kappa shape index (κ2) is 4.69. The number of nitrogens with zero attached hydrogens (tertiary/aromatic N) is 3. The molecule has 6 heteroatoms. The highest BCUT2D eigenvalue weighted by Gasteiger charge is 2.40. The van der Waals surface area contributed by atoms with Crippen molar-refractivity contribution in [3.05, 3.63) is 23.7 Å². The summed E-state index contributed by atoms with van der Waals surface area (Å²) < 4.78 is 13.8. The zero-order chi connectivity index (χ0) is 13.6. The second-order valence-corrected chi connectivity index (χ2v) is 5.82. The zero-order valence-electron chi connectivity index (χ0n) is 11.1. The fourth-order valence-corrected chi connectivity index (χ4v) is 3.45. The topological polar surface area (TPSA) is 49.2 Å². The fourth-order valence-electron chi connectivity index (χ4n) is 3.32. The van der Waals surface area contributed by atoms with E-state index in [-0.39, 0.29) is 5.79 Å². The quantitative estimate of drug-likeness (QED) is 0.759. The first-order valence-corrected chi connectivity index (χ1v) is 7.41. The predicted octanol–water partition coefficient (Wildman–Crippen LogP) is 2.94. The van der Waals surface area contributed by atoms with Gasteiger partial charge >= 0.3 is 0 Å². The molecule has 2 aromatic rings. The summed E-state index contributed by atoms with van der Waals surface area (Å²) in [4.78, 5) is 8.38. The molecule has 0 bridgehead atoms. The van der Waals surface area contributed by atoms with Crippen LogP contribution in [0.3, 0.4) is 0 Å². The van der Waals surface area contributed by atoms with Crippen molar-refractivity contribution in [2.24, 2.45) is 0 Å². The van der Waals surface area contributed by atoms with Crippen LogP contribution in [0.25, 0.3) is 11.0 Å². The molecule has 0 atom stereocenters. The fraction of sp³-hybridized carbons (Fsp3) is 0.571. The summed E-state index contributed by atoms with van der Waals surface area (Å²) in [5.74, 6) is -0.313. The molecule has 2 aliphatic rings. The van der Waals surface area contributed by atoms with Crippen molar-refractivity contribution >= 4 is 22.6 Å². The Balaban J connectivity index is 1.60. The number of aromatic nitrogens is 3. The van der Waals surface area contributed by atoms with Crippen LogP contribution >= 0.6 is 11.6 Å². The molecule has 0 aromatic carbocycles. The van der Waals surface area contributed by atoms with E-state index in [9.17, 15) is 0 Å². The number of hydrogen-bond acceptors (Lipinski definition) is 4. The van der Waals surface area contributed by atoms with Gasteiger partial charge in [0.2, 0.25) is 5.28 Å². The lowest BCUT2D eigenvalue weighted by molar-refractivity contribution is -0.181. The monoisotopic (exact) mass is 293 g/mol. The Labute approximate surface area is 121 Å². The van der Waals surface area contributed by atoms with E-state index in [0.29, 0.717) is 11.3 Å². The number of ether oxygens (including phenoxy) is 2. The molecule has 0 unspecified atom stereocenters. The first-order valence-electron chi connectivity index (χ1n) is 7.03. The zero-order valence-corrected chi connectivity index (χ0v) is 11.8. The lowest BCUT2D eigenvalue weighted by Crippen LogP contribution is -2.35. The van der Waals surface area contributed by atoms with Crippen molar-refractivity contribution in [3.8, 4) is 0 Å². The van der Waals surface area contributed by atoms with Gasteiger partial charge in [0.25, 0.3) is 0 Å². The van der Waals surface area contributed by atoms with Gasteiger partial charge in [-0.3, -0.25) is 0 Å². The Morgan fingerprint density at radius 1 is 1.25 bits per heavy atom. The van der Waals surface area contributed by atoms with Gasteiger partial charge in [-0.15, -0.1) is 0 Å². The standard InChI is InChI=1S/C14H16ClN3O2/c15-13-16-9-10-3-6-18(12(10)17-13)11-1-4-14(5-2-11)19-7-8-20-14/h3,6,9,11H,1-2,4-5,7-8H2. The van der Waals surface area contributed by atoms with Crippen molar-refractivity contribution < 1.29 is 9.47 Å². The number of rotatable bonds is 1. The van der Waals surface area contributed by atoms with Crippen LogP contribution in [-0.2, 0) is 9.47 Å². The van der Waals surface area contributed by atoms with Crippen molar-refractivity contribution in [2.45, 2.75) is 37.5 Å². The molecule has 0 N–H and O–H groups in total. The van der Waals surface area contributed by atoms with Crippen molar-refractivity contribution in [3.63, 3.8) is 0 Å². The minimum atomic E-state index is -0.313. The minimum absolute atomic E-state index is 0.298. The van der Waals surface area contributed by atoms with E-state index in [1.165, 1.54) is 0 Å². The molecular formula is C14H16ClN3O2. The van der Waals surface area contributed by atoms with Gasteiger partial charge in [-0.25, -0.2) is 4.98 Å². The Kier molecular flexibility index (Phi) is 2.94. The smallest absolute Gasteiger partial charge is 0.224 e. The largest absolute Gasteiger partial charge is 0.348 e. The summed E-state index contributed by atoms with van der Waals surface area (Å²) in [6, 6.07) is 2.47. The molecule has 2 aromatic heterocycles. The van der Waals surface area contributed by atoms with E-state index in [1.807, 2.05) is 6.07 Å². The maximum absolute atomic E-state index is 5.91. The van der Waals surface area contributed by atoms with Gasteiger partial charge in [0.15, 0.2) is 5.79 Å². The Hall–Kier alpha value is -1.17. The van der Waals surface area contributed by atoms with Crippen molar-refractivity contribution in [1.29, 1.82) is 0 Å². The Morgan fingerprint density at radius 2 is 2.00 bits per heavy atom. The Morgan fingerprint density at radius 3 is 2.75 bits per heavy atom. The van der Waals surface area contributed by atoms with Gasteiger partial charge in [0.05, 0.1) is 13.2 Å². The summed E-state index contributed by atoms with van der Waals surface area (Å²) in [5.41, 5.74) is 0.916. The maximum Gasteiger partial charge on any atom is 0.224 e. The second-order valence-electron chi connectivity index (χ2n) is 5.48.